The number of hydrogen-bond acceptors (Lipinski definition) is 5. The first-order valence-electron chi connectivity index (χ1n) is 7.33. The zero-order valence-corrected chi connectivity index (χ0v) is 13.4. The lowest BCUT2D eigenvalue weighted by atomic mass is 9.91. The van der Waals surface area contributed by atoms with Gasteiger partial charge in [-0.25, -0.2) is 13.4 Å². The zero-order chi connectivity index (χ0) is 16.8. The minimum atomic E-state index is -4.15. The molecular formula is C14H18FN3O4S. The van der Waals surface area contributed by atoms with Gasteiger partial charge in [-0.2, -0.15) is 8.42 Å². The molecule has 2 fully saturated rings. The highest BCUT2D eigenvalue weighted by atomic mass is 32.2. The van der Waals surface area contributed by atoms with Crippen molar-refractivity contribution in [3.05, 3.63) is 23.5 Å². The van der Waals surface area contributed by atoms with Crippen LogP contribution in [0, 0.1) is 17.7 Å². The molecule has 2 atom stereocenters. The highest BCUT2D eigenvalue weighted by molar-refractivity contribution is 7.92. The van der Waals surface area contributed by atoms with Gasteiger partial charge >= 0.3 is 10.2 Å². The number of benzene rings is 1. The summed E-state index contributed by atoms with van der Waals surface area (Å²) >= 11 is 0. The fraction of sp³-hybridized carbons (Fsp3) is 0.500. The zero-order valence-electron chi connectivity index (χ0n) is 12.5. The van der Waals surface area contributed by atoms with Gasteiger partial charge in [-0.3, -0.25) is 4.79 Å². The largest absolute Gasteiger partial charge is 0.506 e. The Morgan fingerprint density at radius 3 is 2.65 bits per heavy atom. The number of amides is 1. The van der Waals surface area contributed by atoms with E-state index in [0.717, 1.165) is 13.1 Å². The van der Waals surface area contributed by atoms with Crippen LogP contribution in [0.1, 0.15) is 12.5 Å². The molecule has 0 radical (unpaired) electrons. The van der Waals surface area contributed by atoms with Gasteiger partial charge in [0.05, 0.1) is 0 Å². The number of carbonyl (C=O) groups excluding carboxylic acids is 1. The lowest BCUT2D eigenvalue weighted by Crippen LogP contribution is -2.30. The average molecular weight is 343 g/mol. The smallest absolute Gasteiger partial charge is 0.326 e. The molecule has 2 aliphatic rings. The molecule has 2 heterocycles. The predicted octanol–water partition coefficient (Wildman–Crippen LogP) is 0.110. The molecule has 0 bridgehead atoms. The fourth-order valence-electron chi connectivity index (χ4n) is 3.09. The number of phenolic OH excluding ortho intramolecular Hbond substituents is 1. The second-order valence-electron chi connectivity index (χ2n) is 6.08. The third kappa shape index (κ3) is 2.98. The summed E-state index contributed by atoms with van der Waals surface area (Å²) in [6.45, 7) is 3.28. The monoisotopic (exact) mass is 343 g/mol. The average Bonchev–Trinajstić information content (AvgIpc) is 2.92. The van der Waals surface area contributed by atoms with Crippen molar-refractivity contribution >= 4 is 21.8 Å². The number of carbonyl (C=O) groups is 1. The van der Waals surface area contributed by atoms with E-state index in [4.69, 9.17) is 0 Å². The number of nitrogens with zero attached hydrogens (tertiary/aromatic N) is 1. The Labute approximate surface area is 133 Å². The number of aromatic hydroxyl groups is 1. The van der Waals surface area contributed by atoms with E-state index in [-0.39, 0.29) is 0 Å². The molecule has 23 heavy (non-hydrogen) atoms. The summed E-state index contributed by atoms with van der Waals surface area (Å²) in [4.78, 5) is 11.3. The standard InChI is InChI=1S/C14H18FN3O4S/c1-8-5-16-6-10(8)2-9-3-11(15)14(12(19)4-9)18-7-13(20)17-23(18,21)22/h3-4,8,10,16,19H,2,5-7H2,1H3,(H,17,20). The molecule has 3 rings (SSSR count). The molecular weight excluding hydrogens is 325 g/mol. The third-order valence-corrected chi connectivity index (χ3v) is 5.73. The molecule has 2 aliphatic heterocycles. The molecule has 2 unspecified atom stereocenters. The number of rotatable bonds is 3. The van der Waals surface area contributed by atoms with Crippen LogP contribution in [0.5, 0.6) is 5.75 Å². The second-order valence-corrected chi connectivity index (χ2v) is 7.68. The molecule has 0 saturated carbocycles. The Balaban J connectivity index is 1.90. The van der Waals surface area contributed by atoms with Crippen molar-refractivity contribution in [3.8, 4) is 5.75 Å². The van der Waals surface area contributed by atoms with Gasteiger partial charge in [0.1, 0.15) is 18.0 Å². The molecule has 7 nitrogen and oxygen atoms in total. The van der Waals surface area contributed by atoms with Crippen molar-refractivity contribution in [2.24, 2.45) is 11.8 Å². The SMILES string of the molecule is CC1CNCC1Cc1cc(O)c(N2CC(=O)NS2(=O)=O)c(F)c1. The molecule has 9 heteroatoms. The van der Waals surface area contributed by atoms with Crippen LogP contribution in [-0.4, -0.2) is 39.1 Å². The van der Waals surface area contributed by atoms with Crippen LogP contribution in [0.2, 0.25) is 0 Å². The van der Waals surface area contributed by atoms with Crippen molar-refractivity contribution in [1.29, 1.82) is 0 Å². The molecule has 1 amide bonds. The molecule has 1 aromatic rings. The van der Waals surface area contributed by atoms with Gasteiger partial charge in [0, 0.05) is 0 Å². The van der Waals surface area contributed by atoms with Crippen LogP contribution in [0.4, 0.5) is 10.1 Å². The van der Waals surface area contributed by atoms with Crippen molar-refractivity contribution in [2.45, 2.75) is 13.3 Å². The summed E-state index contributed by atoms with van der Waals surface area (Å²) in [5, 5.41) is 13.3. The number of halogens is 1. The minimum absolute atomic E-state index is 0.332. The Kier molecular flexibility index (Phi) is 3.93. The highest BCUT2D eigenvalue weighted by Crippen LogP contribution is 2.35. The van der Waals surface area contributed by atoms with Crippen LogP contribution < -0.4 is 14.3 Å². The molecule has 0 aromatic heterocycles. The summed E-state index contributed by atoms with van der Waals surface area (Å²) in [7, 11) is -4.15. The van der Waals surface area contributed by atoms with Gasteiger partial charge < -0.3 is 10.4 Å². The Hall–Kier alpha value is -1.87. The number of nitrogens with one attached hydrogen (secondary N) is 2. The Morgan fingerprint density at radius 2 is 2.13 bits per heavy atom. The molecule has 0 aliphatic carbocycles. The van der Waals surface area contributed by atoms with E-state index in [0.29, 0.717) is 28.1 Å². The van der Waals surface area contributed by atoms with E-state index in [9.17, 15) is 22.7 Å². The quantitative estimate of drug-likeness (QED) is 0.724. The maximum atomic E-state index is 14.4. The lowest BCUT2D eigenvalue weighted by molar-refractivity contribution is -0.117. The molecule has 2 saturated heterocycles. The van der Waals surface area contributed by atoms with Gasteiger partial charge in [-0.1, -0.05) is 6.92 Å². The van der Waals surface area contributed by atoms with Gasteiger partial charge in [0.25, 0.3) is 5.91 Å². The summed E-state index contributed by atoms with van der Waals surface area (Å²) in [6.07, 6.45) is 0.586. The number of hydrogen-bond donors (Lipinski definition) is 3. The van der Waals surface area contributed by atoms with Gasteiger partial charge in [0.2, 0.25) is 0 Å². The van der Waals surface area contributed by atoms with Gasteiger partial charge in [-0.15, -0.1) is 0 Å². The Bertz CT molecular complexity index is 729. The van der Waals surface area contributed by atoms with E-state index < -0.39 is 39.9 Å². The highest BCUT2D eigenvalue weighted by Gasteiger charge is 2.37. The minimum Gasteiger partial charge on any atom is -0.506 e. The van der Waals surface area contributed by atoms with E-state index in [1.54, 1.807) is 4.72 Å². The van der Waals surface area contributed by atoms with Crippen LogP contribution in [0.25, 0.3) is 0 Å². The van der Waals surface area contributed by atoms with E-state index in [2.05, 4.69) is 12.2 Å². The first-order valence-corrected chi connectivity index (χ1v) is 8.77. The normalized spacial score (nSPS) is 26.5. The summed E-state index contributed by atoms with van der Waals surface area (Å²) in [5.41, 5.74) is 0.102. The van der Waals surface area contributed by atoms with Gasteiger partial charge in [-0.05, 0) is 49.0 Å². The second kappa shape index (κ2) is 5.64. The number of phenols is 1. The van der Waals surface area contributed by atoms with Crippen molar-refractivity contribution in [1.82, 2.24) is 10.0 Å². The van der Waals surface area contributed by atoms with Crippen LogP contribution in [-0.2, 0) is 21.4 Å². The Morgan fingerprint density at radius 1 is 1.39 bits per heavy atom. The van der Waals surface area contributed by atoms with Gasteiger partial charge in [0.15, 0.2) is 5.82 Å². The molecule has 1 aromatic carbocycles. The topological polar surface area (TPSA) is 98.7 Å². The van der Waals surface area contributed by atoms with Crippen LogP contribution >= 0.6 is 0 Å². The van der Waals surface area contributed by atoms with Crippen LogP contribution in [0.15, 0.2) is 12.1 Å². The fourth-order valence-corrected chi connectivity index (χ4v) is 4.26. The maximum Gasteiger partial charge on any atom is 0.326 e. The third-order valence-electron chi connectivity index (χ3n) is 4.35. The molecule has 126 valence electrons. The molecule has 3 N–H and O–H groups in total. The van der Waals surface area contributed by atoms with E-state index >= 15 is 0 Å². The number of anilines is 1. The summed E-state index contributed by atoms with van der Waals surface area (Å²) in [5.74, 6) is -1.34. The first-order chi connectivity index (χ1) is 10.8. The summed E-state index contributed by atoms with van der Waals surface area (Å²) < 4.78 is 40.3. The van der Waals surface area contributed by atoms with Crippen molar-refractivity contribution in [2.75, 3.05) is 23.9 Å². The lowest BCUT2D eigenvalue weighted by Gasteiger charge is -2.19. The molecule has 0 spiro atoms. The van der Waals surface area contributed by atoms with Crippen molar-refractivity contribution < 1.29 is 22.7 Å². The van der Waals surface area contributed by atoms with Crippen molar-refractivity contribution in [3.63, 3.8) is 0 Å². The maximum absolute atomic E-state index is 14.4. The van der Waals surface area contributed by atoms with E-state index in [1.807, 2.05) is 0 Å². The first kappa shape index (κ1) is 16.0. The van der Waals surface area contributed by atoms with Crippen LogP contribution in [0.3, 0.4) is 0 Å². The van der Waals surface area contributed by atoms with E-state index in [1.165, 1.54) is 12.1 Å². The predicted molar refractivity (Wildman–Crippen MR) is 81.7 cm³/mol. The summed E-state index contributed by atoms with van der Waals surface area (Å²) in [6, 6.07) is 2.58.